The molecule has 0 N–H and O–H groups in total. The van der Waals surface area contributed by atoms with Crippen LogP contribution in [0, 0.1) is 0 Å². The van der Waals surface area contributed by atoms with Crippen LogP contribution in [-0.2, 0) is 5.41 Å². The SMILES string of the molecule is CC1(C)c2ccccc2-c2ccc3c4ccc(-n5c6ccccc6c6ccccc65)cc4n(-c4nc(-c5ccc6ccccc6c5)c5ccccc5n4)c3c21. The zero-order valence-electron chi connectivity index (χ0n) is 30.5. The Morgan fingerprint density at radius 1 is 0.455 bits per heavy atom. The lowest BCUT2D eigenvalue weighted by molar-refractivity contribution is 0.663. The minimum atomic E-state index is -0.245. The number of fused-ring (bicyclic) bond motifs is 12. The summed E-state index contributed by atoms with van der Waals surface area (Å²) in [5.41, 5.74) is 13.6. The Kier molecular flexibility index (Phi) is 6.09. The third kappa shape index (κ3) is 4.17. The molecule has 11 aromatic rings. The molecule has 55 heavy (non-hydrogen) atoms. The van der Waals surface area contributed by atoms with E-state index in [4.69, 9.17) is 9.97 Å². The highest BCUT2D eigenvalue weighted by atomic mass is 15.2. The highest BCUT2D eigenvalue weighted by Gasteiger charge is 2.38. The second kappa shape index (κ2) is 11.0. The van der Waals surface area contributed by atoms with E-state index >= 15 is 0 Å². The maximum absolute atomic E-state index is 5.58. The predicted octanol–water partition coefficient (Wildman–Crippen LogP) is 13.0. The lowest BCUT2D eigenvalue weighted by Gasteiger charge is -2.23. The van der Waals surface area contributed by atoms with E-state index in [2.05, 4.69) is 193 Å². The molecule has 0 aliphatic heterocycles. The molecule has 0 radical (unpaired) electrons. The largest absolute Gasteiger partial charge is 0.309 e. The van der Waals surface area contributed by atoms with Crippen LogP contribution in [0.15, 0.2) is 170 Å². The molecule has 4 heteroatoms. The maximum atomic E-state index is 5.58. The van der Waals surface area contributed by atoms with Crippen molar-refractivity contribution in [2.24, 2.45) is 0 Å². The van der Waals surface area contributed by atoms with Gasteiger partial charge in [-0.15, -0.1) is 0 Å². The van der Waals surface area contributed by atoms with Crippen molar-refractivity contribution in [2.75, 3.05) is 0 Å². The van der Waals surface area contributed by atoms with Gasteiger partial charge >= 0.3 is 0 Å². The molecule has 0 fully saturated rings. The summed E-state index contributed by atoms with van der Waals surface area (Å²) in [6.07, 6.45) is 0. The van der Waals surface area contributed by atoms with Gasteiger partial charge in [0.1, 0.15) is 0 Å². The van der Waals surface area contributed by atoms with Crippen LogP contribution in [0.5, 0.6) is 0 Å². The van der Waals surface area contributed by atoms with E-state index in [0.29, 0.717) is 5.95 Å². The van der Waals surface area contributed by atoms with Crippen molar-refractivity contribution in [2.45, 2.75) is 19.3 Å². The topological polar surface area (TPSA) is 35.6 Å². The number of benzene rings is 8. The summed E-state index contributed by atoms with van der Waals surface area (Å²) in [4.78, 5) is 11.0. The molecule has 8 aromatic carbocycles. The van der Waals surface area contributed by atoms with Gasteiger partial charge in [-0.1, -0.05) is 147 Å². The predicted molar refractivity (Wildman–Crippen MR) is 229 cm³/mol. The van der Waals surface area contributed by atoms with E-state index in [1.54, 1.807) is 0 Å². The van der Waals surface area contributed by atoms with Gasteiger partial charge in [0.05, 0.1) is 33.3 Å². The summed E-state index contributed by atoms with van der Waals surface area (Å²) >= 11 is 0. The van der Waals surface area contributed by atoms with Crippen molar-refractivity contribution in [3.63, 3.8) is 0 Å². The normalized spacial score (nSPS) is 13.4. The van der Waals surface area contributed by atoms with Crippen LogP contribution in [0.2, 0.25) is 0 Å². The van der Waals surface area contributed by atoms with E-state index in [1.807, 2.05) is 0 Å². The highest BCUT2D eigenvalue weighted by molar-refractivity contribution is 6.14. The summed E-state index contributed by atoms with van der Waals surface area (Å²) < 4.78 is 4.77. The number of para-hydroxylation sites is 3. The molecule has 4 nitrogen and oxygen atoms in total. The molecule has 0 saturated carbocycles. The zero-order chi connectivity index (χ0) is 36.4. The fraction of sp³-hybridized carbons (Fsp3) is 0.0588. The van der Waals surface area contributed by atoms with Crippen LogP contribution in [-0.4, -0.2) is 19.1 Å². The van der Waals surface area contributed by atoms with Crippen molar-refractivity contribution in [3.8, 4) is 34.0 Å². The summed E-state index contributed by atoms with van der Waals surface area (Å²) in [6.45, 7) is 4.73. The first kappa shape index (κ1) is 30.4. The number of hydrogen-bond donors (Lipinski definition) is 0. The van der Waals surface area contributed by atoms with E-state index in [1.165, 1.54) is 65.6 Å². The molecule has 1 aliphatic carbocycles. The monoisotopic (exact) mass is 702 g/mol. The molecule has 258 valence electrons. The van der Waals surface area contributed by atoms with Gasteiger partial charge < -0.3 is 4.57 Å². The van der Waals surface area contributed by atoms with Crippen molar-refractivity contribution in [3.05, 3.63) is 181 Å². The molecule has 3 heterocycles. The lowest BCUT2D eigenvalue weighted by Crippen LogP contribution is -2.17. The van der Waals surface area contributed by atoms with Crippen LogP contribution in [0.1, 0.15) is 25.0 Å². The molecule has 0 atom stereocenters. The van der Waals surface area contributed by atoms with E-state index in [0.717, 1.165) is 38.9 Å². The molecule has 12 rings (SSSR count). The molecule has 0 amide bonds. The van der Waals surface area contributed by atoms with Crippen LogP contribution in [0.25, 0.3) is 99.3 Å². The minimum Gasteiger partial charge on any atom is -0.309 e. The van der Waals surface area contributed by atoms with Crippen LogP contribution in [0.4, 0.5) is 0 Å². The van der Waals surface area contributed by atoms with Gasteiger partial charge in [0, 0.05) is 43.6 Å². The Morgan fingerprint density at radius 2 is 1.11 bits per heavy atom. The number of nitrogens with zero attached hydrogens (tertiary/aromatic N) is 4. The molecular weight excluding hydrogens is 669 g/mol. The minimum absolute atomic E-state index is 0.245. The Hall–Kier alpha value is -7.04. The van der Waals surface area contributed by atoms with Crippen molar-refractivity contribution in [1.29, 1.82) is 0 Å². The molecular formula is C51H34N4. The molecule has 3 aromatic heterocycles. The second-order valence-corrected chi connectivity index (χ2v) is 15.4. The number of rotatable bonds is 3. The first-order valence-corrected chi connectivity index (χ1v) is 19.0. The average Bonchev–Trinajstić information content (AvgIpc) is 3.83. The first-order chi connectivity index (χ1) is 27.0. The van der Waals surface area contributed by atoms with E-state index in [-0.39, 0.29) is 5.41 Å². The highest BCUT2D eigenvalue weighted by Crippen LogP contribution is 2.53. The summed E-state index contributed by atoms with van der Waals surface area (Å²) in [6, 6.07) is 61.5. The van der Waals surface area contributed by atoms with Crippen molar-refractivity contribution >= 4 is 65.3 Å². The Bertz CT molecular complexity index is 3360. The fourth-order valence-corrected chi connectivity index (χ4v) is 9.62. The van der Waals surface area contributed by atoms with Crippen molar-refractivity contribution < 1.29 is 0 Å². The molecule has 1 aliphatic rings. The lowest BCUT2D eigenvalue weighted by atomic mass is 9.81. The van der Waals surface area contributed by atoms with Gasteiger partial charge in [-0.05, 0) is 69.4 Å². The fourth-order valence-electron chi connectivity index (χ4n) is 9.62. The summed E-state index contributed by atoms with van der Waals surface area (Å²) in [7, 11) is 0. The second-order valence-electron chi connectivity index (χ2n) is 15.4. The van der Waals surface area contributed by atoms with Gasteiger partial charge in [0.2, 0.25) is 5.95 Å². The van der Waals surface area contributed by atoms with E-state index < -0.39 is 0 Å². The van der Waals surface area contributed by atoms with E-state index in [9.17, 15) is 0 Å². The number of hydrogen-bond acceptors (Lipinski definition) is 2. The molecule has 0 saturated heterocycles. The van der Waals surface area contributed by atoms with Gasteiger partial charge in [0.15, 0.2) is 0 Å². The van der Waals surface area contributed by atoms with Gasteiger partial charge in [-0.3, -0.25) is 4.57 Å². The quantitative estimate of drug-likeness (QED) is 0.184. The standard InChI is InChI=1S/C51H34N4/c1-51(2)42-19-9-5-15-35(42)39-27-28-40-38-26-25-34(54-44-21-11-7-16-36(44)37-17-8-12-22-45(37)54)30-46(38)55(49(40)47(39)51)50-52-43-20-10-6-18-41(43)48(53-50)33-24-23-31-13-3-4-14-32(31)29-33/h3-30H,1-2H3. The molecule has 0 spiro atoms. The third-order valence-corrected chi connectivity index (χ3v) is 12.1. The zero-order valence-corrected chi connectivity index (χ0v) is 30.5. The maximum Gasteiger partial charge on any atom is 0.235 e. The Balaban J connectivity index is 1.22. The number of aromatic nitrogens is 4. The molecule has 0 unspecified atom stereocenters. The van der Waals surface area contributed by atoms with Crippen LogP contribution >= 0.6 is 0 Å². The van der Waals surface area contributed by atoms with Gasteiger partial charge in [-0.25, -0.2) is 9.97 Å². The Labute approximate surface area is 317 Å². The van der Waals surface area contributed by atoms with Gasteiger partial charge in [-0.2, -0.15) is 0 Å². The summed E-state index contributed by atoms with van der Waals surface area (Å²) in [5.74, 6) is 0.668. The van der Waals surface area contributed by atoms with Crippen LogP contribution < -0.4 is 0 Å². The van der Waals surface area contributed by atoms with Gasteiger partial charge in [0.25, 0.3) is 0 Å². The third-order valence-electron chi connectivity index (χ3n) is 12.1. The molecule has 0 bridgehead atoms. The Morgan fingerprint density at radius 3 is 1.93 bits per heavy atom. The first-order valence-electron chi connectivity index (χ1n) is 19.0. The van der Waals surface area contributed by atoms with Crippen molar-refractivity contribution in [1.82, 2.24) is 19.1 Å². The van der Waals surface area contributed by atoms with Crippen LogP contribution in [0.3, 0.4) is 0 Å². The smallest absolute Gasteiger partial charge is 0.235 e. The summed E-state index contributed by atoms with van der Waals surface area (Å²) in [5, 5.41) is 8.30. The average molecular weight is 703 g/mol.